The van der Waals surface area contributed by atoms with Crippen LogP contribution in [0.5, 0.6) is 0 Å². The van der Waals surface area contributed by atoms with E-state index in [1.165, 1.54) is 18.2 Å². The molecular formula is C23H15F3N4O5. The van der Waals surface area contributed by atoms with Crippen molar-refractivity contribution in [1.82, 2.24) is 15.5 Å². The smallest absolute Gasteiger partial charge is 0.348 e. The number of piperidine rings is 1. The molecule has 0 bridgehead atoms. The molecule has 2 N–H and O–H groups in total. The lowest BCUT2D eigenvalue weighted by molar-refractivity contribution is -0.138. The molecule has 5 amide bonds. The summed E-state index contributed by atoms with van der Waals surface area (Å²) >= 11 is 0. The van der Waals surface area contributed by atoms with Crippen molar-refractivity contribution in [3.05, 3.63) is 69.8 Å². The number of alkyl halides is 3. The molecule has 35 heavy (non-hydrogen) atoms. The Hall–Kier alpha value is -4.53. The van der Waals surface area contributed by atoms with Gasteiger partial charge >= 0.3 is 6.18 Å². The zero-order chi connectivity index (χ0) is 25.5. The minimum Gasteiger partial charge on any atom is -0.348 e. The summed E-state index contributed by atoms with van der Waals surface area (Å²) in [6, 6.07) is 7.00. The number of carbonyl (C=O) groups is 5. The number of halogens is 3. The molecule has 0 spiro atoms. The van der Waals surface area contributed by atoms with E-state index in [1.54, 1.807) is 6.07 Å². The lowest BCUT2D eigenvalue weighted by Crippen LogP contribution is -2.54. The van der Waals surface area contributed by atoms with Crippen molar-refractivity contribution < 1.29 is 37.1 Å². The number of nitriles is 1. The maximum atomic E-state index is 13.3. The number of amides is 5. The number of carbonyl (C=O) groups excluding carboxylic acids is 5. The lowest BCUT2D eigenvalue weighted by Gasteiger charge is -2.27. The molecule has 9 nitrogen and oxygen atoms in total. The summed E-state index contributed by atoms with van der Waals surface area (Å²) < 4.78 is 40.0. The van der Waals surface area contributed by atoms with E-state index >= 15 is 0 Å². The molecule has 178 valence electrons. The maximum Gasteiger partial charge on any atom is 0.416 e. The van der Waals surface area contributed by atoms with Crippen LogP contribution in [-0.2, 0) is 22.3 Å². The van der Waals surface area contributed by atoms with Gasteiger partial charge in [0, 0.05) is 18.5 Å². The first-order valence-electron chi connectivity index (χ1n) is 10.3. The summed E-state index contributed by atoms with van der Waals surface area (Å²) in [6.45, 7) is -0.508. The number of imide groups is 2. The number of hydrogen-bond acceptors (Lipinski definition) is 6. The molecule has 0 aromatic heterocycles. The third-order valence-electron chi connectivity index (χ3n) is 5.69. The van der Waals surface area contributed by atoms with Crippen molar-refractivity contribution in [1.29, 1.82) is 5.26 Å². The van der Waals surface area contributed by atoms with Crippen LogP contribution in [-0.4, -0.2) is 40.5 Å². The van der Waals surface area contributed by atoms with Gasteiger partial charge in [0.2, 0.25) is 11.8 Å². The van der Waals surface area contributed by atoms with Gasteiger partial charge in [0.15, 0.2) is 0 Å². The van der Waals surface area contributed by atoms with Crippen LogP contribution in [0.3, 0.4) is 0 Å². The minimum atomic E-state index is -4.74. The second-order valence-electron chi connectivity index (χ2n) is 7.87. The first-order chi connectivity index (χ1) is 16.5. The number of rotatable bonds is 4. The Bertz CT molecular complexity index is 1350. The molecule has 4 rings (SSSR count). The number of nitrogens with one attached hydrogen (secondary N) is 2. The van der Waals surface area contributed by atoms with Crippen LogP contribution in [0.1, 0.15) is 60.6 Å². The van der Waals surface area contributed by atoms with Crippen molar-refractivity contribution in [2.75, 3.05) is 0 Å². The van der Waals surface area contributed by atoms with Gasteiger partial charge in [-0.15, -0.1) is 0 Å². The van der Waals surface area contributed by atoms with Crippen molar-refractivity contribution in [3.63, 3.8) is 0 Å². The normalized spacial score (nSPS) is 17.7. The molecule has 1 atom stereocenters. The van der Waals surface area contributed by atoms with Crippen molar-refractivity contribution in [3.8, 4) is 6.07 Å². The highest BCUT2D eigenvalue weighted by Crippen LogP contribution is 2.33. The first kappa shape index (κ1) is 23.6. The van der Waals surface area contributed by atoms with E-state index < -0.39 is 53.9 Å². The molecule has 2 aromatic rings. The highest BCUT2D eigenvalue weighted by atomic mass is 19.4. The Morgan fingerprint density at radius 2 is 1.80 bits per heavy atom. The average molecular weight is 484 g/mol. The Morgan fingerprint density at radius 1 is 1.09 bits per heavy atom. The summed E-state index contributed by atoms with van der Waals surface area (Å²) in [5.41, 5.74) is -1.77. The van der Waals surface area contributed by atoms with Crippen LogP contribution < -0.4 is 10.6 Å². The Balaban J connectivity index is 1.53. The molecule has 0 radical (unpaired) electrons. The second-order valence-corrected chi connectivity index (χ2v) is 7.87. The van der Waals surface area contributed by atoms with E-state index in [-0.39, 0.29) is 40.7 Å². The predicted octanol–water partition coefficient (Wildman–Crippen LogP) is 1.91. The van der Waals surface area contributed by atoms with Crippen LogP contribution in [0, 0.1) is 11.3 Å². The molecule has 1 fully saturated rings. The van der Waals surface area contributed by atoms with Crippen LogP contribution in [0.15, 0.2) is 36.4 Å². The molecule has 1 unspecified atom stereocenters. The van der Waals surface area contributed by atoms with E-state index in [0.29, 0.717) is 6.07 Å². The summed E-state index contributed by atoms with van der Waals surface area (Å²) in [6.07, 6.45) is -4.82. The quantitative estimate of drug-likeness (QED) is 0.637. The predicted molar refractivity (Wildman–Crippen MR) is 110 cm³/mol. The highest BCUT2D eigenvalue weighted by Gasteiger charge is 2.44. The van der Waals surface area contributed by atoms with E-state index in [4.69, 9.17) is 5.26 Å². The molecule has 2 aromatic carbocycles. The summed E-state index contributed by atoms with van der Waals surface area (Å²) in [7, 11) is 0. The number of hydrogen-bond donors (Lipinski definition) is 2. The molecule has 0 saturated carbocycles. The van der Waals surface area contributed by atoms with Crippen molar-refractivity contribution >= 4 is 29.5 Å². The summed E-state index contributed by atoms with van der Waals surface area (Å²) in [5.74, 6) is -3.67. The molecule has 0 aliphatic carbocycles. The van der Waals surface area contributed by atoms with Gasteiger partial charge in [-0.1, -0.05) is 6.07 Å². The van der Waals surface area contributed by atoms with Gasteiger partial charge in [0.25, 0.3) is 17.7 Å². The van der Waals surface area contributed by atoms with Crippen molar-refractivity contribution in [2.24, 2.45) is 0 Å². The van der Waals surface area contributed by atoms with Gasteiger partial charge in [-0.05, 0) is 42.3 Å². The fourth-order valence-corrected chi connectivity index (χ4v) is 3.95. The fraction of sp³-hybridized carbons (Fsp3) is 0.217. The molecule has 12 heteroatoms. The van der Waals surface area contributed by atoms with Gasteiger partial charge in [0.1, 0.15) is 6.04 Å². The third kappa shape index (κ3) is 4.35. The number of benzene rings is 2. The van der Waals surface area contributed by atoms with Crippen molar-refractivity contribution in [2.45, 2.75) is 31.6 Å². The molecule has 1 saturated heterocycles. The Morgan fingerprint density at radius 3 is 2.46 bits per heavy atom. The van der Waals surface area contributed by atoms with E-state index in [0.717, 1.165) is 17.0 Å². The topological polar surface area (TPSA) is 136 Å². The minimum absolute atomic E-state index is 0.0321. The lowest BCUT2D eigenvalue weighted by atomic mass is 10.0. The largest absolute Gasteiger partial charge is 0.416 e. The van der Waals surface area contributed by atoms with E-state index in [2.05, 4.69) is 10.6 Å². The number of fused-ring (bicyclic) bond motifs is 1. The SMILES string of the molecule is N#Cc1ccc(CNC(=O)c2ccc3c(c2)C(=O)N(C2CCC(=O)NC2=O)C3=O)c(C(F)(F)F)c1. The third-order valence-corrected chi connectivity index (χ3v) is 5.69. The number of nitrogens with zero attached hydrogens (tertiary/aromatic N) is 2. The Labute approximate surface area is 195 Å². The standard InChI is InChI=1S/C23H15F3N4O5/c24-23(25,26)16-7-11(9-27)1-2-13(16)10-28-19(32)12-3-4-14-15(8-12)22(35)30(21(14)34)17-5-6-18(31)29-20(17)33/h1-4,7-8,17H,5-6,10H2,(H,28,32)(H,29,31,33). The van der Waals surface area contributed by atoms with Crippen LogP contribution in [0.4, 0.5) is 13.2 Å². The Kier molecular flexibility index (Phi) is 5.86. The zero-order valence-corrected chi connectivity index (χ0v) is 17.7. The second kappa shape index (κ2) is 8.68. The monoisotopic (exact) mass is 484 g/mol. The van der Waals surface area contributed by atoms with E-state index in [9.17, 15) is 37.1 Å². The van der Waals surface area contributed by atoms with Gasteiger partial charge in [0.05, 0.1) is 28.3 Å². The molecule has 2 heterocycles. The summed E-state index contributed by atoms with van der Waals surface area (Å²) in [4.78, 5) is 62.4. The molecule has 2 aliphatic heterocycles. The van der Waals surface area contributed by atoms with E-state index in [1.807, 2.05) is 0 Å². The van der Waals surface area contributed by atoms with Gasteiger partial charge in [-0.25, -0.2) is 0 Å². The molecule has 2 aliphatic rings. The van der Waals surface area contributed by atoms with Crippen LogP contribution in [0.25, 0.3) is 0 Å². The fourth-order valence-electron chi connectivity index (χ4n) is 3.95. The maximum absolute atomic E-state index is 13.3. The average Bonchev–Trinajstić information content (AvgIpc) is 3.06. The van der Waals surface area contributed by atoms with Gasteiger partial charge in [-0.3, -0.25) is 34.2 Å². The summed E-state index contributed by atoms with van der Waals surface area (Å²) in [5, 5.41) is 13.3. The highest BCUT2D eigenvalue weighted by molar-refractivity contribution is 6.24. The van der Waals surface area contributed by atoms with Crippen LogP contribution in [0.2, 0.25) is 0 Å². The van der Waals surface area contributed by atoms with Gasteiger partial charge < -0.3 is 5.32 Å². The van der Waals surface area contributed by atoms with Gasteiger partial charge in [-0.2, -0.15) is 18.4 Å². The van der Waals surface area contributed by atoms with Crippen LogP contribution >= 0.6 is 0 Å². The molecular weight excluding hydrogens is 469 g/mol. The zero-order valence-electron chi connectivity index (χ0n) is 17.7. The first-order valence-corrected chi connectivity index (χ1v) is 10.3.